The number of piperidine rings is 2. The molecule has 3 aromatic rings. The van der Waals surface area contributed by atoms with E-state index in [1.165, 1.54) is 5.01 Å². The molecule has 4 aliphatic heterocycles. The molecule has 1 atom stereocenters. The summed E-state index contributed by atoms with van der Waals surface area (Å²) in [6.07, 6.45) is 4.36. The lowest BCUT2D eigenvalue weighted by molar-refractivity contribution is -0.180. The molecule has 4 aliphatic rings. The summed E-state index contributed by atoms with van der Waals surface area (Å²) in [6.45, 7) is 3.23. The Morgan fingerprint density at radius 2 is 1.41 bits per heavy atom. The molecule has 0 bridgehead atoms. The number of β-lactam (4-membered cyclic amide) rings is 1. The lowest BCUT2D eigenvalue weighted by Crippen LogP contribution is -2.81. The van der Waals surface area contributed by atoms with Crippen LogP contribution in [0.3, 0.4) is 0 Å². The van der Waals surface area contributed by atoms with Crippen LogP contribution in [-0.2, 0) is 16.1 Å². The third kappa shape index (κ3) is 5.03. The van der Waals surface area contributed by atoms with Crippen molar-refractivity contribution in [3.05, 3.63) is 102 Å². The Morgan fingerprint density at radius 1 is 0.848 bits per heavy atom. The maximum absolute atomic E-state index is 14.3. The fourth-order valence-corrected chi connectivity index (χ4v) is 8.35. The molecule has 0 radical (unpaired) electrons. The van der Waals surface area contributed by atoms with Gasteiger partial charge < -0.3 is 19.4 Å². The molecule has 46 heavy (non-hydrogen) atoms. The zero-order chi connectivity index (χ0) is 31.9. The largest absolute Gasteiger partial charge is 0.497 e. The molecule has 0 saturated carbocycles. The van der Waals surface area contributed by atoms with Crippen molar-refractivity contribution in [3.8, 4) is 5.75 Å². The Hall–Kier alpha value is -4.01. The molecule has 8 nitrogen and oxygen atoms in total. The van der Waals surface area contributed by atoms with Gasteiger partial charge in [-0.1, -0.05) is 71.7 Å². The van der Waals surface area contributed by atoms with Gasteiger partial charge in [-0.25, -0.2) is 0 Å². The predicted octanol–water partition coefficient (Wildman–Crippen LogP) is 6.45. The molecule has 7 rings (SSSR count). The number of carbonyl (C=O) groups is 2. The van der Waals surface area contributed by atoms with Crippen LogP contribution in [0.4, 0.5) is 11.4 Å². The Kier molecular flexibility index (Phi) is 8.19. The van der Waals surface area contributed by atoms with Gasteiger partial charge in [-0.05, 0) is 73.7 Å². The number of rotatable bonds is 6. The summed E-state index contributed by atoms with van der Waals surface area (Å²) in [5.74, 6) is 0.369. The Bertz CT molecular complexity index is 1650. The van der Waals surface area contributed by atoms with Gasteiger partial charge in [0.05, 0.1) is 12.5 Å². The number of likely N-dealkylation sites (tertiary alicyclic amines) is 1. The fourth-order valence-electron chi connectivity index (χ4n) is 7.66. The molecule has 2 spiro atoms. The smallest absolute Gasteiger partial charge is 0.251 e. The molecule has 3 aromatic carbocycles. The maximum Gasteiger partial charge on any atom is 0.251 e. The van der Waals surface area contributed by atoms with Crippen LogP contribution < -0.4 is 14.5 Å². The summed E-state index contributed by atoms with van der Waals surface area (Å²) in [5.41, 5.74) is 1.34. The van der Waals surface area contributed by atoms with E-state index in [-0.39, 0.29) is 28.1 Å². The van der Waals surface area contributed by atoms with Crippen LogP contribution in [0.1, 0.15) is 31.2 Å². The van der Waals surface area contributed by atoms with Crippen molar-refractivity contribution in [2.24, 2.45) is 16.4 Å². The SMILES string of the molecule is COc1ccc(CN2C(=O)C3(CCN(c4ccccc4)CC3)C23C=C(Cl)N(C(=O)C2CCN(c4ccccc4)CC2)N=C3Cl)cc1. The van der Waals surface area contributed by atoms with Gasteiger partial charge in [0.15, 0.2) is 5.17 Å². The molecule has 3 saturated heterocycles. The van der Waals surface area contributed by atoms with Crippen molar-refractivity contribution in [2.45, 2.75) is 37.8 Å². The minimum Gasteiger partial charge on any atom is -0.497 e. The second kappa shape index (κ2) is 12.3. The summed E-state index contributed by atoms with van der Waals surface area (Å²) in [7, 11) is 1.62. The molecule has 3 fully saturated rings. The number of hydrazone groups is 1. The highest BCUT2D eigenvalue weighted by Crippen LogP contribution is 2.59. The highest BCUT2D eigenvalue weighted by Gasteiger charge is 2.73. The normalized spacial score (nSPS) is 22.9. The van der Waals surface area contributed by atoms with Crippen LogP contribution in [0.15, 0.2) is 101 Å². The molecule has 238 valence electrons. The Morgan fingerprint density at radius 3 is 1.98 bits per heavy atom. The first kappa shape index (κ1) is 30.6. The molecule has 0 aliphatic carbocycles. The number of ether oxygens (including phenoxy) is 1. The topological polar surface area (TPSA) is 68.7 Å². The third-order valence-electron chi connectivity index (χ3n) is 10.3. The van der Waals surface area contributed by atoms with Crippen LogP contribution in [0.25, 0.3) is 0 Å². The molecule has 10 heteroatoms. The lowest BCUT2D eigenvalue weighted by atomic mass is 9.55. The number of nitrogens with zero attached hydrogens (tertiary/aromatic N) is 5. The first-order valence-corrected chi connectivity index (χ1v) is 16.6. The number of amides is 2. The van der Waals surface area contributed by atoms with Gasteiger partial charge in [0, 0.05) is 50.0 Å². The van der Waals surface area contributed by atoms with E-state index in [4.69, 9.17) is 33.0 Å². The minimum absolute atomic E-state index is 0.0261. The Balaban J connectivity index is 1.15. The number of benzene rings is 3. The van der Waals surface area contributed by atoms with Gasteiger partial charge in [0.25, 0.3) is 5.91 Å². The summed E-state index contributed by atoms with van der Waals surface area (Å²) < 4.78 is 5.33. The van der Waals surface area contributed by atoms with E-state index in [2.05, 4.69) is 34.1 Å². The Labute approximate surface area is 279 Å². The van der Waals surface area contributed by atoms with Crippen LogP contribution in [-0.4, -0.2) is 65.7 Å². The van der Waals surface area contributed by atoms with Crippen molar-refractivity contribution in [2.75, 3.05) is 43.1 Å². The molecule has 0 aromatic heterocycles. The molecule has 4 heterocycles. The van der Waals surface area contributed by atoms with Crippen molar-refractivity contribution >= 4 is 51.6 Å². The van der Waals surface area contributed by atoms with Crippen molar-refractivity contribution in [1.29, 1.82) is 0 Å². The highest BCUT2D eigenvalue weighted by molar-refractivity contribution is 6.69. The monoisotopic (exact) mass is 657 g/mol. The van der Waals surface area contributed by atoms with Crippen LogP contribution in [0.5, 0.6) is 5.75 Å². The zero-order valence-corrected chi connectivity index (χ0v) is 27.3. The van der Waals surface area contributed by atoms with Crippen LogP contribution >= 0.6 is 23.2 Å². The third-order valence-corrected chi connectivity index (χ3v) is 10.9. The van der Waals surface area contributed by atoms with Crippen LogP contribution in [0.2, 0.25) is 0 Å². The van der Waals surface area contributed by atoms with E-state index >= 15 is 0 Å². The van der Waals surface area contributed by atoms with Gasteiger partial charge in [-0.15, -0.1) is 0 Å². The summed E-state index contributed by atoms with van der Waals surface area (Å²) >= 11 is 14.2. The van der Waals surface area contributed by atoms with Crippen molar-refractivity contribution in [1.82, 2.24) is 9.91 Å². The number of fused-ring (bicyclic) bond motifs is 1. The van der Waals surface area contributed by atoms with E-state index in [9.17, 15) is 9.59 Å². The predicted molar refractivity (Wildman–Crippen MR) is 182 cm³/mol. The van der Waals surface area contributed by atoms with E-state index < -0.39 is 11.0 Å². The zero-order valence-electron chi connectivity index (χ0n) is 25.8. The fraction of sp³-hybridized carbons (Fsp3) is 0.361. The standard InChI is InChI=1S/C36H37Cl2N5O3/c1-46-30-14-12-26(13-15-30)25-42-34(45)35(18-22-41(23-19-35)29-10-6-3-7-11-29)36(42)24-31(37)43(39-33(36)38)32(44)27-16-20-40(21-17-27)28-8-4-2-5-9-28/h2-15,24,27H,16-23,25H2,1H3. The maximum atomic E-state index is 14.3. The second-order valence-electron chi connectivity index (χ2n) is 12.5. The molecular weight excluding hydrogens is 621 g/mol. The first-order valence-electron chi connectivity index (χ1n) is 15.9. The lowest BCUT2D eigenvalue weighted by Gasteiger charge is -2.66. The van der Waals surface area contributed by atoms with E-state index in [0.717, 1.165) is 35.8 Å². The van der Waals surface area contributed by atoms with Crippen molar-refractivity contribution < 1.29 is 14.3 Å². The van der Waals surface area contributed by atoms with Gasteiger partial charge in [0.2, 0.25) is 5.91 Å². The number of hydrogen-bond acceptors (Lipinski definition) is 6. The molecule has 0 N–H and O–H groups in total. The summed E-state index contributed by atoms with van der Waals surface area (Å²) in [5, 5.41) is 6.35. The number of halogens is 2. The van der Waals surface area contributed by atoms with Gasteiger partial charge in [0.1, 0.15) is 16.4 Å². The minimum atomic E-state index is -1.06. The second-order valence-corrected chi connectivity index (χ2v) is 13.3. The van der Waals surface area contributed by atoms with E-state index in [0.29, 0.717) is 45.3 Å². The van der Waals surface area contributed by atoms with Crippen LogP contribution in [0, 0.1) is 11.3 Å². The molecule has 2 amide bonds. The number of carbonyl (C=O) groups excluding carboxylic acids is 2. The van der Waals surface area contributed by atoms with E-state index in [1.807, 2.05) is 66.7 Å². The average molecular weight is 659 g/mol. The van der Waals surface area contributed by atoms with Gasteiger partial charge in [-0.3, -0.25) is 9.59 Å². The van der Waals surface area contributed by atoms with E-state index in [1.54, 1.807) is 12.0 Å². The summed E-state index contributed by atoms with van der Waals surface area (Å²) in [6, 6.07) is 28.1. The number of hydrogen-bond donors (Lipinski definition) is 0. The number of methoxy groups -OCH3 is 1. The molecule has 1 unspecified atom stereocenters. The van der Waals surface area contributed by atoms with Gasteiger partial charge >= 0.3 is 0 Å². The first-order chi connectivity index (χ1) is 22.4. The quantitative estimate of drug-likeness (QED) is 0.225. The van der Waals surface area contributed by atoms with Crippen molar-refractivity contribution in [3.63, 3.8) is 0 Å². The van der Waals surface area contributed by atoms with Gasteiger partial charge in [-0.2, -0.15) is 10.1 Å². The summed E-state index contributed by atoms with van der Waals surface area (Å²) in [4.78, 5) is 34.5. The average Bonchev–Trinajstić information content (AvgIpc) is 3.12. The highest BCUT2D eigenvalue weighted by atomic mass is 35.5. The number of para-hydroxylation sites is 2. The molecular formula is C36H37Cl2N5O3. The number of anilines is 2.